The molecule has 0 radical (unpaired) electrons. The molecule has 0 N–H and O–H groups in total. The molecule has 1 saturated heterocycles. The number of methoxy groups -OCH3 is 1. The molecule has 8 heteroatoms. The highest BCUT2D eigenvalue weighted by molar-refractivity contribution is 7.91. The van der Waals surface area contributed by atoms with Gasteiger partial charge in [0.15, 0.2) is 9.84 Å². The molecule has 3 rings (SSSR count). The zero-order valence-electron chi connectivity index (χ0n) is 16.8. The normalized spacial score (nSPS) is 18.6. The van der Waals surface area contributed by atoms with Crippen molar-refractivity contribution in [1.82, 2.24) is 14.4 Å². The summed E-state index contributed by atoms with van der Waals surface area (Å²) in [4.78, 5) is 17.0. The van der Waals surface area contributed by atoms with Gasteiger partial charge in [-0.1, -0.05) is 0 Å². The van der Waals surface area contributed by atoms with Gasteiger partial charge in [0, 0.05) is 29.7 Å². The fourth-order valence-corrected chi connectivity index (χ4v) is 5.50. The third kappa shape index (κ3) is 4.86. The lowest BCUT2D eigenvalue weighted by molar-refractivity contribution is -0.133. The molecule has 1 fully saturated rings. The summed E-state index contributed by atoms with van der Waals surface area (Å²) in [5.74, 6) is 0.985. The lowest BCUT2D eigenvalue weighted by atomic mass is 10.2. The summed E-state index contributed by atoms with van der Waals surface area (Å²) in [6.45, 7) is 1.63. The highest BCUT2D eigenvalue weighted by atomic mass is 32.2. The second-order valence-electron chi connectivity index (χ2n) is 7.67. The SMILES string of the molecule is COc1ccc2c(ccn2CC(=O)N(CCCN(C)C)C2CCS(=O)(=O)C2)c1. The number of nitrogens with zero attached hydrogens (tertiary/aromatic N) is 3. The predicted octanol–water partition coefficient (Wildman–Crippen LogP) is 1.62. The van der Waals surface area contributed by atoms with Gasteiger partial charge in [-0.2, -0.15) is 0 Å². The molecule has 28 heavy (non-hydrogen) atoms. The van der Waals surface area contributed by atoms with Gasteiger partial charge in [0.2, 0.25) is 5.91 Å². The van der Waals surface area contributed by atoms with Gasteiger partial charge >= 0.3 is 0 Å². The quantitative estimate of drug-likeness (QED) is 0.665. The molecule has 7 nitrogen and oxygen atoms in total. The molecule has 0 aliphatic carbocycles. The van der Waals surface area contributed by atoms with Crippen LogP contribution in [-0.2, 0) is 21.2 Å². The Hall–Kier alpha value is -2.06. The number of rotatable bonds is 8. The second-order valence-corrected chi connectivity index (χ2v) is 9.90. The number of fused-ring (bicyclic) bond motifs is 1. The summed E-state index contributed by atoms with van der Waals surface area (Å²) >= 11 is 0. The van der Waals surface area contributed by atoms with Gasteiger partial charge in [-0.3, -0.25) is 4.79 Å². The van der Waals surface area contributed by atoms with E-state index < -0.39 is 9.84 Å². The summed E-state index contributed by atoms with van der Waals surface area (Å²) < 4.78 is 31.1. The topological polar surface area (TPSA) is 71.8 Å². The third-order valence-corrected chi connectivity index (χ3v) is 7.01. The number of benzene rings is 1. The minimum absolute atomic E-state index is 0.0332. The molecule has 1 atom stereocenters. The van der Waals surface area contributed by atoms with E-state index in [1.165, 1.54) is 0 Å². The van der Waals surface area contributed by atoms with Crippen LogP contribution in [0.25, 0.3) is 10.9 Å². The summed E-state index contributed by atoms with van der Waals surface area (Å²) in [5, 5.41) is 1.01. The van der Waals surface area contributed by atoms with E-state index in [0.29, 0.717) is 13.0 Å². The number of carbonyl (C=O) groups excluding carboxylic acids is 1. The number of carbonyl (C=O) groups is 1. The van der Waals surface area contributed by atoms with Crippen LogP contribution in [-0.4, -0.2) is 80.5 Å². The average Bonchev–Trinajstić information content (AvgIpc) is 3.20. The molecule has 1 aliphatic rings. The van der Waals surface area contributed by atoms with Crippen molar-refractivity contribution in [2.75, 3.05) is 45.8 Å². The molecule has 1 aliphatic heterocycles. The van der Waals surface area contributed by atoms with E-state index in [9.17, 15) is 13.2 Å². The Morgan fingerprint density at radius 2 is 2.04 bits per heavy atom. The lowest BCUT2D eigenvalue weighted by Gasteiger charge is -2.29. The number of ether oxygens (including phenoxy) is 1. The van der Waals surface area contributed by atoms with Gasteiger partial charge in [0.05, 0.1) is 18.6 Å². The minimum Gasteiger partial charge on any atom is -0.497 e. The van der Waals surface area contributed by atoms with Crippen LogP contribution in [0.3, 0.4) is 0 Å². The van der Waals surface area contributed by atoms with Gasteiger partial charge in [-0.05, 0) is 57.7 Å². The van der Waals surface area contributed by atoms with Crippen LogP contribution in [0.1, 0.15) is 12.8 Å². The van der Waals surface area contributed by atoms with Crippen LogP contribution in [0.4, 0.5) is 0 Å². The van der Waals surface area contributed by atoms with Crippen molar-refractivity contribution >= 4 is 26.6 Å². The van der Waals surface area contributed by atoms with E-state index in [1.807, 2.05) is 49.1 Å². The van der Waals surface area contributed by atoms with Crippen LogP contribution in [0.2, 0.25) is 0 Å². The van der Waals surface area contributed by atoms with Crippen LogP contribution in [0.5, 0.6) is 5.75 Å². The largest absolute Gasteiger partial charge is 0.497 e. The zero-order valence-corrected chi connectivity index (χ0v) is 17.6. The van der Waals surface area contributed by atoms with Crippen molar-refractivity contribution in [2.45, 2.75) is 25.4 Å². The van der Waals surface area contributed by atoms with Crippen molar-refractivity contribution in [2.24, 2.45) is 0 Å². The van der Waals surface area contributed by atoms with E-state index in [0.717, 1.165) is 29.6 Å². The number of aromatic nitrogens is 1. The van der Waals surface area contributed by atoms with E-state index in [-0.39, 0.29) is 30.0 Å². The van der Waals surface area contributed by atoms with Gasteiger partial charge in [-0.25, -0.2) is 8.42 Å². The summed E-state index contributed by atoms with van der Waals surface area (Å²) in [5.41, 5.74) is 0.960. The highest BCUT2D eigenvalue weighted by Crippen LogP contribution is 2.23. The van der Waals surface area contributed by atoms with Crippen molar-refractivity contribution in [1.29, 1.82) is 0 Å². The standard InChI is InChI=1S/C20H29N3O4S/c1-21(2)9-4-10-23(17-8-12-28(25,26)15-17)20(24)14-22-11-7-16-13-18(27-3)5-6-19(16)22/h5-7,11,13,17H,4,8-10,12,14-15H2,1-3H3. The maximum absolute atomic E-state index is 13.1. The van der Waals surface area contributed by atoms with Crippen molar-refractivity contribution in [3.63, 3.8) is 0 Å². The van der Waals surface area contributed by atoms with Crippen LogP contribution in [0, 0.1) is 0 Å². The van der Waals surface area contributed by atoms with Gasteiger partial charge in [0.25, 0.3) is 0 Å². The van der Waals surface area contributed by atoms with E-state index in [1.54, 1.807) is 12.0 Å². The molecule has 2 heterocycles. The Labute approximate surface area is 166 Å². The first kappa shape index (κ1) is 20.7. The summed E-state index contributed by atoms with van der Waals surface area (Å²) in [6, 6.07) is 7.50. The van der Waals surface area contributed by atoms with E-state index in [2.05, 4.69) is 4.90 Å². The Balaban J connectivity index is 1.76. The molecule has 1 unspecified atom stereocenters. The van der Waals surface area contributed by atoms with Crippen LogP contribution >= 0.6 is 0 Å². The first-order valence-corrected chi connectivity index (χ1v) is 11.4. The predicted molar refractivity (Wildman–Crippen MR) is 110 cm³/mol. The minimum atomic E-state index is -3.04. The van der Waals surface area contributed by atoms with Crippen molar-refractivity contribution in [3.8, 4) is 5.75 Å². The van der Waals surface area contributed by atoms with Crippen molar-refractivity contribution < 1.29 is 17.9 Å². The third-order valence-electron chi connectivity index (χ3n) is 5.26. The van der Waals surface area contributed by atoms with Crippen LogP contribution < -0.4 is 4.74 Å². The van der Waals surface area contributed by atoms with E-state index >= 15 is 0 Å². The maximum atomic E-state index is 13.1. The fourth-order valence-electron chi connectivity index (χ4n) is 3.77. The number of amides is 1. The Bertz CT molecular complexity index is 936. The molecule has 1 amide bonds. The van der Waals surface area contributed by atoms with E-state index in [4.69, 9.17) is 4.74 Å². The monoisotopic (exact) mass is 407 g/mol. The maximum Gasteiger partial charge on any atom is 0.242 e. The summed E-state index contributed by atoms with van der Waals surface area (Å²) in [6.07, 6.45) is 3.24. The molecular formula is C20H29N3O4S. The van der Waals surface area contributed by atoms with Gasteiger partial charge in [-0.15, -0.1) is 0 Å². The van der Waals surface area contributed by atoms with Gasteiger partial charge < -0.3 is 19.1 Å². The molecule has 1 aromatic carbocycles. The first-order valence-electron chi connectivity index (χ1n) is 9.56. The molecule has 1 aromatic heterocycles. The highest BCUT2D eigenvalue weighted by Gasteiger charge is 2.34. The second kappa shape index (κ2) is 8.53. The first-order chi connectivity index (χ1) is 13.3. The van der Waals surface area contributed by atoms with Gasteiger partial charge in [0.1, 0.15) is 12.3 Å². The number of hydrogen-bond acceptors (Lipinski definition) is 5. The Morgan fingerprint density at radius 3 is 2.68 bits per heavy atom. The van der Waals surface area contributed by atoms with Crippen LogP contribution in [0.15, 0.2) is 30.5 Å². The average molecular weight is 408 g/mol. The molecule has 0 saturated carbocycles. The summed E-state index contributed by atoms with van der Waals surface area (Å²) in [7, 11) is 2.57. The Morgan fingerprint density at radius 1 is 1.25 bits per heavy atom. The number of sulfone groups is 1. The molecule has 154 valence electrons. The van der Waals surface area contributed by atoms with Crippen molar-refractivity contribution in [3.05, 3.63) is 30.5 Å². The molecule has 0 bridgehead atoms. The smallest absolute Gasteiger partial charge is 0.242 e. The molecular weight excluding hydrogens is 378 g/mol. The number of hydrogen-bond donors (Lipinski definition) is 0. The fraction of sp³-hybridized carbons (Fsp3) is 0.550. The lowest BCUT2D eigenvalue weighted by Crippen LogP contribution is -2.44. The molecule has 0 spiro atoms. The Kier molecular flexibility index (Phi) is 6.30. The molecule has 2 aromatic rings. The zero-order chi connectivity index (χ0) is 20.3.